The summed E-state index contributed by atoms with van der Waals surface area (Å²) in [5.41, 5.74) is 6.22. The zero-order chi connectivity index (χ0) is 20.2. The molecule has 1 aliphatic heterocycles. The van der Waals surface area contributed by atoms with Crippen LogP contribution in [0.3, 0.4) is 0 Å². The fraction of sp³-hybridized carbons (Fsp3) is 0.304. The monoisotopic (exact) mass is 401 g/mol. The molecule has 1 unspecified atom stereocenters. The van der Waals surface area contributed by atoms with Gasteiger partial charge in [0, 0.05) is 42.2 Å². The van der Waals surface area contributed by atoms with Crippen LogP contribution in [0.1, 0.15) is 24.6 Å². The van der Waals surface area contributed by atoms with Gasteiger partial charge < -0.3 is 19.0 Å². The zero-order valence-corrected chi connectivity index (χ0v) is 17.1. The molecule has 1 atom stereocenters. The van der Waals surface area contributed by atoms with Crippen LogP contribution in [-0.2, 0) is 11.8 Å². The molecule has 7 heteroatoms. The summed E-state index contributed by atoms with van der Waals surface area (Å²) in [6, 6.07) is 8.35. The topological polar surface area (TPSA) is 69.4 Å². The van der Waals surface area contributed by atoms with Gasteiger partial charge in [0.2, 0.25) is 0 Å². The van der Waals surface area contributed by atoms with Crippen molar-refractivity contribution in [2.75, 3.05) is 20.3 Å². The molecular weight excluding hydrogens is 378 g/mol. The summed E-state index contributed by atoms with van der Waals surface area (Å²) in [5.74, 6) is 2.22. The fourth-order valence-corrected chi connectivity index (χ4v) is 4.66. The van der Waals surface area contributed by atoms with E-state index in [0.29, 0.717) is 5.92 Å². The lowest BCUT2D eigenvalue weighted by atomic mass is 10.0. The van der Waals surface area contributed by atoms with E-state index in [1.54, 1.807) is 7.11 Å². The molecule has 0 spiro atoms. The molecule has 1 aliphatic rings. The Morgan fingerprint density at radius 2 is 2.07 bits per heavy atom. The number of hydrogen-bond acceptors (Lipinski definition) is 4. The largest absolute Gasteiger partial charge is 0.497 e. The van der Waals surface area contributed by atoms with Crippen LogP contribution in [0.2, 0.25) is 0 Å². The molecular formula is C23H23N5O2. The summed E-state index contributed by atoms with van der Waals surface area (Å²) in [6.07, 6.45) is 8.12. The molecule has 5 aromatic rings. The molecule has 152 valence electrons. The molecule has 0 aliphatic carbocycles. The van der Waals surface area contributed by atoms with E-state index in [4.69, 9.17) is 14.5 Å². The first-order valence-corrected chi connectivity index (χ1v) is 10.3. The van der Waals surface area contributed by atoms with Gasteiger partial charge in [-0.25, -0.2) is 9.97 Å². The molecule has 1 saturated heterocycles. The van der Waals surface area contributed by atoms with Gasteiger partial charge in [-0.15, -0.1) is 0 Å². The van der Waals surface area contributed by atoms with Crippen molar-refractivity contribution in [3.63, 3.8) is 0 Å². The third-order valence-electron chi connectivity index (χ3n) is 6.17. The molecule has 1 fully saturated rings. The van der Waals surface area contributed by atoms with Gasteiger partial charge in [0.05, 0.1) is 42.8 Å². The highest BCUT2D eigenvalue weighted by Crippen LogP contribution is 2.34. The van der Waals surface area contributed by atoms with E-state index in [2.05, 4.69) is 50.4 Å². The van der Waals surface area contributed by atoms with Gasteiger partial charge in [-0.05, 0) is 37.1 Å². The number of benzene rings is 1. The van der Waals surface area contributed by atoms with Crippen LogP contribution in [0, 0.1) is 0 Å². The molecule has 4 aromatic heterocycles. The Labute approximate surface area is 173 Å². The molecule has 6 rings (SSSR count). The van der Waals surface area contributed by atoms with Crippen molar-refractivity contribution in [1.29, 1.82) is 0 Å². The van der Waals surface area contributed by atoms with Gasteiger partial charge in [0.1, 0.15) is 11.6 Å². The average molecular weight is 401 g/mol. The van der Waals surface area contributed by atoms with Crippen LogP contribution in [0.5, 0.6) is 5.75 Å². The molecule has 0 amide bonds. The predicted molar refractivity (Wildman–Crippen MR) is 116 cm³/mol. The number of methoxy groups -OCH3 is 1. The SMILES string of the molecule is COc1ccc2c(c1)c(-c1cc3c(ncc4cnc(C5CCCOC5)n43)[nH]1)cn2C. The van der Waals surface area contributed by atoms with Gasteiger partial charge in [-0.3, -0.25) is 4.40 Å². The van der Waals surface area contributed by atoms with Crippen molar-refractivity contribution in [2.24, 2.45) is 7.05 Å². The number of hydrogen-bond donors (Lipinski definition) is 1. The third-order valence-corrected chi connectivity index (χ3v) is 6.17. The van der Waals surface area contributed by atoms with Crippen molar-refractivity contribution in [2.45, 2.75) is 18.8 Å². The molecule has 1 aromatic carbocycles. The second-order valence-corrected chi connectivity index (χ2v) is 8.00. The highest BCUT2D eigenvalue weighted by Gasteiger charge is 2.22. The maximum absolute atomic E-state index is 5.72. The number of rotatable bonds is 3. The summed E-state index contributed by atoms with van der Waals surface area (Å²) < 4.78 is 15.5. The van der Waals surface area contributed by atoms with Gasteiger partial charge in [-0.1, -0.05) is 0 Å². The molecule has 7 nitrogen and oxygen atoms in total. The van der Waals surface area contributed by atoms with Crippen LogP contribution in [0.4, 0.5) is 0 Å². The minimum absolute atomic E-state index is 0.312. The zero-order valence-electron chi connectivity index (χ0n) is 17.1. The molecule has 1 N–H and O–H groups in total. The summed E-state index contributed by atoms with van der Waals surface area (Å²) in [7, 11) is 3.76. The first-order chi connectivity index (χ1) is 14.7. The third kappa shape index (κ3) is 2.55. The van der Waals surface area contributed by atoms with Gasteiger partial charge >= 0.3 is 0 Å². The maximum Gasteiger partial charge on any atom is 0.154 e. The highest BCUT2D eigenvalue weighted by molar-refractivity contribution is 5.98. The van der Waals surface area contributed by atoms with E-state index >= 15 is 0 Å². The van der Waals surface area contributed by atoms with E-state index in [1.807, 2.05) is 18.5 Å². The van der Waals surface area contributed by atoms with Gasteiger partial charge in [-0.2, -0.15) is 0 Å². The number of aryl methyl sites for hydroxylation is 1. The first kappa shape index (κ1) is 17.5. The summed E-state index contributed by atoms with van der Waals surface area (Å²) in [4.78, 5) is 12.9. The Hall–Kier alpha value is -3.32. The minimum atomic E-state index is 0.312. The normalized spacial score (nSPS) is 17.3. The number of imidazole rings is 1. The van der Waals surface area contributed by atoms with Crippen molar-refractivity contribution >= 4 is 27.6 Å². The highest BCUT2D eigenvalue weighted by atomic mass is 16.5. The number of nitrogens with one attached hydrogen (secondary N) is 1. The lowest BCUT2D eigenvalue weighted by Crippen LogP contribution is -2.18. The molecule has 0 saturated carbocycles. The van der Waals surface area contributed by atoms with Crippen LogP contribution in [-0.4, -0.2) is 44.2 Å². The van der Waals surface area contributed by atoms with E-state index in [-0.39, 0.29) is 0 Å². The average Bonchev–Trinajstić information content (AvgIpc) is 3.48. The Bertz CT molecular complexity index is 1390. The second-order valence-electron chi connectivity index (χ2n) is 8.00. The van der Waals surface area contributed by atoms with E-state index in [9.17, 15) is 0 Å². The molecule has 0 radical (unpaired) electrons. The van der Waals surface area contributed by atoms with Gasteiger partial charge in [0.15, 0.2) is 5.65 Å². The molecule has 30 heavy (non-hydrogen) atoms. The van der Waals surface area contributed by atoms with Crippen LogP contribution >= 0.6 is 0 Å². The number of aromatic amines is 1. The fourth-order valence-electron chi connectivity index (χ4n) is 4.66. The minimum Gasteiger partial charge on any atom is -0.497 e. The van der Waals surface area contributed by atoms with Crippen molar-refractivity contribution in [3.8, 4) is 17.0 Å². The second kappa shape index (κ2) is 6.60. The van der Waals surface area contributed by atoms with Gasteiger partial charge in [0.25, 0.3) is 0 Å². The summed E-state index contributed by atoms with van der Waals surface area (Å²) >= 11 is 0. The lowest BCUT2D eigenvalue weighted by Gasteiger charge is -2.21. The number of aromatic nitrogens is 5. The predicted octanol–water partition coefficient (Wildman–Crippen LogP) is 4.27. The Kier molecular flexibility index (Phi) is 3.86. The number of H-pyrrole nitrogens is 1. The lowest BCUT2D eigenvalue weighted by molar-refractivity contribution is 0.0780. The van der Waals surface area contributed by atoms with E-state index in [1.165, 1.54) is 0 Å². The van der Waals surface area contributed by atoms with E-state index in [0.717, 1.165) is 76.5 Å². The van der Waals surface area contributed by atoms with Crippen LogP contribution in [0.15, 0.2) is 42.9 Å². The van der Waals surface area contributed by atoms with Crippen molar-refractivity contribution in [1.82, 2.24) is 23.9 Å². The Morgan fingerprint density at radius 1 is 1.17 bits per heavy atom. The maximum atomic E-state index is 5.72. The number of nitrogens with zero attached hydrogens (tertiary/aromatic N) is 4. The standard InChI is InChI=1S/C23H23N5O2/c1-27-12-18(17-8-16(29-2)5-6-20(17)27)19-9-21-22(26-19)24-10-15-11-25-23(28(15)21)14-4-3-7-30-13-14/h5-6,8-12,14,26H,3-4,7,13H2,1-2H3. The van der Waals surface area contributed by atoms with Crippen LogP contribution < -0.4 is 4.74 Å². The summed E-state index contributed by atoms with van der Waals surface area (Å²) in [5, 5.41) is 1.14. The Morgan fingerprint density at radius 3 is 2.90 bits per heavy atom. The quantitative estimate of drug-likeness (QED) is 0.490. The number of fused-ring (bicyclic) bond motifs is 4. The molecule has 5 heterocycles. The van der Waals surface area contributed by atoms with Crippen molar-refractivity contribution in [3.05, 3.63) is 48.7 Å². The number of ether oxygens (including phenoxy) is 2. The first-order valence-electron chi connectivity index (χ1n) is 10.3. The van der Waals surface area contributed by atoms with E-state index < -0.39 is 0 Å². The summed E-state index contributed by atoms with van der Waals surface area (Å²) in [6.45, 7) is 1.57. The smallest absolute Gasteiger partial charge is 0.154 e. The Balaban J connectivity index is 1.56. The van der Waals surface area contributed by atoms with Crippen molar-refractivity contribution < 1.29 is 9.47 Å². The molecule has 0 bridgehead atoms. The van der Waals surface area contributed by atoms with Crippen LogP contribution in [0.25, 0.3) is 38.8 Å².